The molecule has 0 aromatic heterocycles. The summed E-state index contributed by atoms with van der Waals surface area (Å²) in [6.45, 7) is 15.7. The zero-order valence-electron chi connectivity index (χ0n) is 20.2. The molecule has 1 N–H and O–H groups in total. The lowest BCUT2D eigenvalue weighted by molar-refractivity contribution is -0.151. The van der Waals surface area contributed by atoms with E-state index in [-0.39, 0.29) is 17.5 Å². The van der Waals surface area contributed by atoms with E-state index in [0.717, 1.165) is 0 Å². The monoisotopic (exact) mass is 407 g/mol. The van der Waals surface area contributed by atoms with Crippen molar-refractivity contribution in [3.8, 4) is 0 Å². The summed E-state index contributed by atoms with van der Waals surface area (Å²) in [5.74, 6) is -0.212. The predicted octanol–water partition coefficient (Wildman–Crippen LogP) is 6.74. The molecule has 0 aliphatic carbocycles. The van der Waals surface area contributed by atoms with Crippen LogP contribution in [0.25, 0.3) is 0 Å². The minimum atomic E-state index is -0.328. The maximum atomic E-state index is 10.6. The summed E-state index contributed by atoms with van der Waals surface area (Å²) < 4.78 is 4.80. The Balaban J connectivity index is 0. The van der Waals surface area contributed by atoms with E-state index >= 15 is 0 Å². The molecule has 1 amide bonds. The molecule has 4 heteroatoms. The van der Waals surface area contributed by atoms with Gasteiger partial charge in [-0.15, -0.1) is 0 Å². The van der Waals surface area contributed by atoms with Crippen LogP contribution in [0.4, 0.5) is 0 Å². The highest BCUT2D eigenvalue weighted by Gasteiger charge is 2.11. The Morgan fingerprint density at radius 3 is 1.72 bits per heavy atom. The van der Waals surface area contributed by atoms with Crippen molar-refractivity contribution >= 4 is 11.9 Å². The van der Waals surface area contributed by atoms with E-state index in [9.17, 15) is 9.59 Å². The molecule has 0 aliphatic rings. The molecular formula is C25H45NO3. The molecule has 0 aliphatic heterocycles. The average molecular weight is 408 g/mol. The summed E-state index contributed by atoms with van der Waals surface area (Å²) in [6, 6.07) is 8.03. The van der Waals surface area contributed by atoms with E-state index in [1.54, 1.807) is 0 Å². The normalized spacial score (nSPS) is 10.1. The number of hydrogen-bond acceptors (Lipinski definition) is 3. The molecular weight excluding hydrogens is 362 g/mol. The van der Waals surface area contributed by atoms with Crippen LogP contribution in [-0.2, 0) is 20.9 Å². The van der Waals surface area contributed by atoms with Gasteiger partial charge in [0.15, 0.2) is 0 Å². The predicted molar refractivity (Wildman–Crippen MR) is 124 cm³/mol. The van der Waals surface area contributed by atoms with Gasteiger partial charge in [0.1, 0.15) is 5.60 Å². The van der Waals surface area contributed by atoms with Crippen LogP contribution < -0.4 is 5.32 Å². The molecule has 0 saturated heterocycles. The summed E-state index contributed by atoms with van der Waals surface area (Å²) in [5.41, 5.74) is 2.06. The number of nitrogens with one attached hydrogen (secondary N) is 1. The number of esters is 1. The Hall–Kier alpha value is -1.84. The Morgan fingerprint density at radius 2 is 1.38 bits per heavy atom. The van der Waals surface area contributed by atoms with Gasteiger partial charge in [0.2, 0.25) is 5.91 Å². The fourth-order valence-corrected chi connectivity index (χ4v) is 2.49. The number of aryl methyl sites for hydroxylation is 1. The minimum Gasteiger partial charge on any atom is -0.460 e. The molecule has 0 atom stereocenters. The van der Waals surface area contributed by atoms with Crippen molar-refractivity contribution in [3.05, 3.63) is 35.4 Å². The number of unbranched alkanes of at least 4 members (excludes halogenated alkanes) is 6. The van der Waals surface area contributed by atoms with E-state index in [0.29, 0.717) is 6.54 Å². The van der Waals surface area contributed by atoms with E-state index in [2.05, 4.69) is 19.2 Å². The third-order valence-electron chi connectivity index (χ3n) is 3.95. The molecule has 0 radical (unpaired) electrons. The van der Waals surface area contributed by atoms with Gasteiger partial charge < -0.3 is 10.1 Å². The molecule has 1 aromatic carbocycles. The minimum absolute atomic E-state index is 0.0123. The van der Waals surface area contributed by atoms with Crippen LogP contribution in [-0.4, -0.2) is 17.5 Å². The summed E-state index contributed by atoms with van der Waals surface area (Å²) in [4.78, 5) is 20.9. The summed E-state index contributed by atoms with van der Waals surface area (Å²) in [5, 5.41) is 2.76. The fourth-order valence-electron chi connectivity index (χ4n) is 2.49. The van der Waals surface area contributed by atoms with Crippen LogP contribution in [0.1, 0.15) is 105 Å². The molecule has 0 unspecified atom stereocenters. The molecule has 0 spiro atoms. The van der Waals surface area contributed by atoms with Crippen LogP contribution in [0.2, 0.25) is 0 Å². The standard InChI is InChI=1S/C10H13NO.C9H20.C6H12O2/c1-8-5-3-4-6-10(8)7-11-9(2)12;1-3-5-7-9-8-6-4-2;1-5(7)8-6(2,3)4/h3-6H,7H2,1-2H3,(H,11,12);3-9H2,1-2H3;1-4H3. The van der Waals surface area contributed by atoms with Gasteiger partial charge in [-0.2, -0.15) is 0 Å². The van der Waals surface area contributed by atoms with Crippen molar-refractivity contribution < 1.29 is 14.3 Å². The number of carbonyl (C=O) groups is 2. The van der Waals surface area contributed by atoms with Crippen molar-refractivity contribution in [3.63, 3.8) is 0 Å². The van der Waals surface area contributed by atoms with Crippen LogP contribution in [0.3, 0.4) is 0 Å². The highest BCUT2D eigenvalue weighted by molar-refractivity contribution is 5.72. The molecule has 1 rings (SSSR count). The van der Waals surface area contributed by atoms with Crippen molar-refractivity contribution in [1.82, 2.24) is 5.32 Å². The number of rotatable bonds is 8. The number of amides is 1. The highest BCUT2D eigenvalue weighted by atomic mass is 16.6. The van der Waals surface area contributed by atoms with Gasteiger partial charge >= 0.3 is 5.97 Å². The zero-order valence-corrected chi connectivity index (χ0v) is 20.2. The Labute approximate surface area is 179 Å². The molecule has 0 saturated carbocycles. The van der Waals surface area contributed by atoms with Gasteiger partial charge in [-0.25, -0.2) is 0 Å². The number of carbonyl (C=O) groups excluding carboxylic acids is 2. The topological polar surface area (TPSA) is 55.4 Å². The number of benzene rings is 1. The average Bonchev–Trinajstić information content (AvgIpc) is 2.60. The smallest absolute Gasteiger partial charge is 0.303 e. The van der Waals surface area contributed by atoms with Crippen LogP contribution in [0.5, 0.6) is 0 Å². The Bertz CT molecular complexity index is 541. The molecule has 0 fully saturated rings. The van der Waals surface area contributed by atoms with Crippen molar-refractivity contribution in [2.75, 3.05) is 0 Å². The molecule has 1 aromatic rings. The first-order chi connectivity index (χ1) is 13.5. The van der Waals surface area contributed by atoms with Gasteiger partial charge in [-0.1, -0.05) is 83.1 Å². The molecule has 0 heterocycles. The van der Waals surface area contributed by atoms with E-state index in [1.165, 1.54) is 69.9 Å². The van der Waals surface area contributed by atoms with E-state index in [4.69, 9.17) is 4.74 Å². The quantitative estimate of drug-likeness (QED) is 0.383. The lowest BCUT2D eigenvalue weighted by Gasteiger charge is -2.17. The second-order valence-corrected chi connectivity index (χ2v) is 8.31. The van der Waals surface area contributed by atoms with E-state index in [1.807, 2.05) is 52.0 Å². The van der Waals surface area contributed by atoms with Gasteiger partial charge in [0, 0.05) is 20.4 Å². The maximum Gasteiger partial charge on any atom is 0.303 e. The lowest BCUT2D eigenvalue weighted by atomic mass is 10.1. The third-order valence-corrected chi connectivity index (χ3v) is 3.95. The summed E-state index contributed by atoms with van der Waals surface area (Å²) in [6.07, 6.45) is 9.97. The molecule has 168 valence electrons. The summed E-state index contributed by atoms with van der Waals surface area (Å²) >= 11 is 0. The Kier molecular flexibility index (Phi) is 18.4. The van der Waals surface area contributed by atoms with Crippen LogP contribution >= 0.6 is 0 Å². The van der Waals surface area contributed by atoms with Gasteiger partial charge in [-0.05, 0) is 38.8 Å². The number of hydrogen-bond donors (Lipinski definition) is 1. The van der Waals surface area contributed by atoms with Crippen molar-refractivity contribution in [2.45, 2.75) is 112 Å². The second kappa shape index (κ2) is 18.2. The fraction of sp³-hybridized carbons (Fsp3) is 0.680. The summed E-state index contributed by atoms with van der Waals surface area (Å²) in [7, 11) is 0. The lowest BCUT2D eigenvalue weighted by Crippen LogP contribution is -2.21. The third kappa shape index (κ3) is 24.1. The second-order valence-electron chi connectivity index (χ2n) is 8.31. The van der Waals surface area contributed by atoms with Crippen molar-refractivity contribution in [2.24, 2.45) is 0 Å². The largest absolute Gasteiger partial charge is 0.460 e. The number of ether oxygens (including phenoxy) is 1. The first-order valence-electron chi connectivity index (χ1n) is 11.0. The Morgan fingerprint density at radius 1 is 0.897 bits per heavy atom. The van der Waals surface area contributed by atoms with E-state index < -0.39 is 0 Å². The molecule has 29 heavy (non-hydrogen) atoms. The molecule has 0 bridgehead atoms. The van der Waals surface area contributed by atoms with Crippen LogP contribution in [0, 0.1) is 6.92 Å². The van der Waals surface area contributed by atoms with Crippen LogP contribution in [0.15, 0.2) is 24.3 Å². The first kappa shape index (κ1) is 29.4. The highest BCUT2D eigenvalue weighted by Crippen LogP contribution is 2.07. The SMILES string of the molecule is CC(=O)NCc1ccccc1C.CC(=O)OC(C)(C)C.CCCCCCCCC. The van der Waals surface area contributed by atoms with Gasteiger partial charge in [0.25, 0.3) is 0 Å². The van der Waals surface area contributed by atoms with Crippen molar-refractivity contribution in [1.29, 1.82) is 0 Å². The zero-order chi connectivity index (χ0) is 22.7. The van der Waals surface area contributed by atoms with Gasteiger partial charge in [0.05, 0.1) is 0 Å². The first-order valence-corrected chi connectivity index (χ1v) is 11.0. The molecule has 4 nitrogen and oxygen atoms in total. The maximum absolute atomic E-state index is 10.6. The van der Waals surface area contributed by atoms with Gasteiger partial charge in [-0.3, -0.25) is 9.59 Å².